The van der Waals surface area contributed by atoms with Gasteiger partial charge in [0.2, 0.25) is 11.9 Å². The Kier molecular flexibility index (Phi) is 5.48. The number of aromatic nitrogens is 2. The third kappa shape index (κ3) is 3.69. The van der Waals surface area contributed by atoms with Gasteiger partial charge in [0.15, 0.2) is 0 Å². The van der Waals surface area contributed by atoms with E-state index >= 15 is 0 Å². The van der Waals surface area contributed by atoms with Gasteiger partial charge < -0.3 is 14.8 Å². The number of hydrogen-bond donors (Lipinski definition) is 1. The number of amides is 1. The number of nitrogens with one attached hydrogen (secondary N) is 1. The van der Waals surface area contributed by atoms with Crippen molar-refractivity contribution < 1.29 is 4.79 Å². The maximum atomic E-state index is 12.7. The molecule has 2 aromatic heterocycles. The summed E-state index contributed by atoms with van der Waals surface area (Å²) in [6.07, 6.45) is 3.60. The summed E-state index contributed by atoms with van der Waals surface area (Å²) in [5.41, 5.74) is 2.13. The van der Waals surface area contributed by atoms with E-state index in [-0.39, 0.29) is 17.9 Å². The summed E-state index contributed by atoms with van der Waals surface area (Å²) < 4.78 is 2.21. The number of thiophene rings is 1. The van der Waals surface area contributed by atoms with Crippen LogP contribution in [0.4, 0.5) is 5.95 Å². The molecular weight excluding hydrogens is 368 g/mol. The van der Waals surface area contributed by atoms with E-state index in [0.29, 0.717) is 0 Å². The first-order valence-corrected chi connectivity index (χ1v) is 10.7. The first-order valence-electron chi connectivity index (χ1n) is 9.82. The van der Waals surface area contributed by atoms with Crippen molar-refractivity contribution in [1.29, 1.82) is 0 Å². The van der Waals surface area contributed by atoms with Crippen LogP contribution in [0.1, 0.15) is 30.7 Å². The minimum atomic E-state index is 0.0656. The number of benzene rings is 1. The van der Waals surface area contributed by atoms with Crippen LogP contribution in [0.15, 0.2) is 54.4 Å². The van der Waals surface area contributed by atoms with E-state index in [1.54, 1.807) is 11.3 Å². The number of carbonyl (C=O) groups excluding carboxylic acids is 1. The molecule has 1 atom stereocenters. The monoisotopic (exact) mass is 394 g/mol. The van der Waals surface area contributed by atoms with Crippen LogP contribution in [0.25, 0.3) is 11.0 Å². The molecule has 5 nitrogen and oxygen atoms in total. The quantitative estimate of drug-likeness (QED) is 0.631. The van der Waals surface area contributed by atoms with Crippen molar-refractivity contribution in [2.24, 2.45) is 5.92 Å². The minimum absolute atomic E-state index is 0.0656. The lowest BCUT2D eigenvalue weighted by atomic mass is 9.95. The van der Waals surface area contributed by atoms with Gasteiger partial charge in [-0.2, -0.15) is 0 Å². The van der Waals surface area contributed by atoms with Gasteiger partial charge in [-0.1, -0.05) is 24.3 Å². The molecule has 28 heavy (non-hydrogen) atoms. The summed E-state index contributed by atoms with van der Waals surface area (Å²) >= 11 is 1.68. The Morgan fingerprint density at radius 1 is 1.32 bits per heavy atom. The normalized spacial score (nSPS) is 16.2. The molecule has 1 aliphatic rings. The average Bonchev–Trinajstić information content (AvgIpc) is 3.37. The number of allylic oxidation sites excluding steroid dienone is 1. The van der Waals surface area contributed by atoms with Crippen LogP contribution in [0.2, 0.25) is 0 Å². The van der Waals surface area contributed by atoms with Gasteiger partial charge in [-0.05, 0) is 43.3 Å². The highest BCUT2D eigenvalue weighted by atomic mass is 32.1. The standard InChI is InChI=1S/C22H26N4OS/c1-3-12-26-19-8-5-4-7-18(19)24-22(26)25-13-10-17(11-14-25)21(27)23-16(2)20-9-6-15-28-20/h3-9,15-17H,1,10-14H2,2H3,(H,23,27)/t16-/m0/s1. The molecule has 0 unspecified atom stereocenters. The summed E-state index contributed by atoms with van der Waals surface area (Å²) in [5, 5.41) is 5.23. The Labute approximate surface area is 169 Å². The number of fused-ring (bicyclic) bond motifs is 1. The number of imidazole rings is 1. The highest BCUT2D eigenvalue weighted by Gasteiger charge is 2.28. The fourth-order valence-corrected chi connectivity index (χ4v) is 4.63. The third-order valence-electron chi connectivity index (χ3n) is 5.42. The Hall–Kier alpha value is -2.60. The van der Waals surface area contributed by atoms with Gasteiger partial charge in [0.25, 0.3) is 0 Å². The molecule has 0 spiro atoms. The molecule has 1 aliphatic heterocycles. The molecule has 0 aliphatic carbocycles. The summed E-state index contributed by atoms with van der Waals surface area (Å²) in [6.45, 7) is 8.35. The zero-order valence-electron chi connectivity index (χ0n) is 16.2. The summed E-state index contributed by atoms with van der Waals surface area (Å²) in [5.74, 6) is 1.21. The molecule has 6 heteroatoms. The smallest absolute Gasteiger partial charge is 0.223 e. The van der Waals surface area contributed by atoms with Gasteiger partial charge in [0, 0.05) is 30.4 Å². The van der Waals surface area contributed by atoms with Crippen molar-refractivity contribution >= 4 is 34.2 Å². The fourth-order valence-electron chi connectivity index (χ4n) is 3.89. The van der Waals surface area contributed by atoms with Gasteiger partial charge in [-0.3, -0.25) is 4.79 Å². The molecule has 0 radical (unpaired) electrons. The summed E-state index contributed by atoms with van der Waals surface area (Å²) in [7, 11) is 0. The molecule has 4 rings (SSSR count). The molecule has 1 fully saturated rings. The number of nitrogens with zero attached hydrogens (tertiary/aromatic N) is 3. The maximum Gasteiger partial charge on any atom is 0.223 e. The topological polar surface area (TPSA) is 50.2 Å². The van der Waals surface area contributed by atoms with E-state index in [2.05, 4.69) is 40.4 Å². The van der Waals surface area contributed by atoms with Crippen molar-refractivity contribution in [2.75, 3.05) is 18.0 Å². The molecule has 3 aromatic rings. The highest BCUT2D eigenvalue weighted by molar-refractivity contribution is 7.10. The number of hydrogen-bond acceptors (Lipinski definition) is 4. The Morgan fingerprint density at radius 2 is 2.11 bits per heavy atom. The second-order valence-electron chi connectivity index (χ2n) is 7.31. The van der Waals surface area contributed by atoms with Crippen molar-refractivity contribution in [3.05, 3.63) is 59.3 Å². The van der Waals surface area contributed by atoms with Crippen LogP contribution in [-0.4, -0.2) is 28.5 Å². The molecule has 1 N–H and O–H groups in total. The zero-order valence-corrected chi connectivity index (χ0v) is 17.0. The number of para-hydroxylation sites is 2. The molecule has 1 amide bonds. The van der Waals surface area contributed by atoms with Gasteiger partial charge in [0.1, 0.15) is 0 Å². The number of piperidine rings is 1. The largest absolute Gasteiger partial charge is 0.349 e. The Balaban J connectivity index is 1.43. The molecule has 0 bridgehead atoms. The van der Waals surface area contributed by atoms with Crippen molar-refractivity contribution in [2.45, 2.75) is 32.4 Å². The van der Waals surface area contributed by atoms with Crippen molar-refractivity contribution in [1.82, 2.24) is 14.9 Å². The van der Waals surface area contributed by atoms with E-state index in [0.717, 1.165) is 49.5 Å². The Bertz CT molecular complexity index is 954. The summed E-state index contributed by atoms with van der Waals surface area (Å²) in [6, 6.07) is 12.4. The van der Waals surface area contributed by atoms with E-state index < -0.39 is 0 Å². The lowest BCUT2D eigenvalue weighted by Gasteiger charge is -2.32. The van der Waals surface area contributed by atoms with Gasteiger partial charge >= 0.3 is 0 Å². The van der Waals surface area contributed by atoms with E-state index in [1.807, 2.05) is 35.7 Å². The van der Waals surface area contributed by atoms with Crippen LogP contribution in [0.5, 0.6) is 0 Å². The summed E-state index contributed by atoms with van der Waals surface area (Å²) in [4.78, 5) is 21.0. The lowest BCUT2D eigenvalue weighted by Crippen LogP contribution is -2.42. The van der Waals surface area contributed by atoms with Crippen LogP contribution >= 0.6 is 11.3 Å². The first kappa shape index (κ1) is 18.7. The van der Waals surface area contributed by atoms with Gasteiger partial charge in [-0.15, -0.1) is 17.9 Å². The molecule has 146 valence electrons. The van der Waals surface area contributed by atoms with Crippen LogP contribution in [0.3, 0.4) is 0 Å². The van der Waals surface area contributed by atoms with Crippen LogP contribution in [0, 0.1) is 5.92 Å². The van der Waals surface area contributed by atoms with Crippen molar-refractivity contribution in [3.8, 4) is 0 Å². The highest BCUT2D eigenvalue weighted by Crippen LogP contribution is 2.28. The van der Waals surface area contributed by atoms with E-state index in [4.69, 9.17) is 4.98 Å². The third-order valence-corrected chi connectivity index (χ3v) is 6.48. The van der Waals surface area contributed by atoms with Crippen LogP contribution < -0.4 is 10.2 Å². The first-order chi connectivity index (χ1) is 13.7. The number of carbonyl (C=O) groups is 1. The van der Waals surface area contributed by atoms with E-state index in [9.17, 15) is 4.79 Å². The second-order valence-corrected chi connectivity index (χ2v) is 8.29. The predicted octanol–water partition coefficient (Wildman–Crippen LogP) is 4.38. The molecular formula is C22H26N4OS. The minimum Gasteiger partial charge on any atom is -0.349 e. The number of rotatable bonds is 6. The lowest BCUT2D eigenvalue weighted by molar-refractivity contribution is -0.126. The molecule has 0 saturated carbocycles. The van der Waals surface area contributed by atoms with Gasteiger partial charge in [0.05, 0.1) is 17.1 Å². The fraction of sp³-hybridized carbons (Fsp3) is 0.364. The Morgan fingerprint density at radius 3 is 2.82 bits per heavy atom. The average molecular weight is 395 g/mol. The SMILES string of the molecule is C=CCn1c(N2CCC(C(=O)N[C@@H](C)c3cccs3)CC2)nc2ccccc21. The van der Waals surface area contributed by atoms with Crippen molar-refractivity contribution in [3.63, 3.8) is 0 Å². The maximum absolute atomic E-state index is 12.7. The second kappa shape index (κ2) is 8.19. The predicted molar refractivity (Wildman–Crippen MR) is 116 cm³/mol. The molecule has 1 aromatic carbocycles. The van der Waals surface area contributed by atoms with Crippen LogP contribution in [-0.2, 0) is 11.3 Å². The molecule has 3 heterocycles. The zero-order chi connectivity index (χ0) is 19.5. The number of anilines is 1. The van der Waals surface area contributed by atoms with E-state index in [1.165, 1.54) is 4.88 Å². The van der Waals surface area contributed by atoms with Gasteiger partial charge in [-0.25, -0.2) is 4.98 Å². The molecule has 1 saturated heterocycles.